The molecule has 1 atom stereocenters. The van der Waals surface area contributed by atoms with Crippen molar-refractivity contribution in [2.45, 2.75) is 39.9 Å². The van der Waals surface area contributed by atoms with Crippen LogP contribution in [-0.2, 0) is 17.9 Å². The smallest absolute Gasteiger partial charge is 0.226 e. The highest BCUT2D eigenvalue weighted by Crippen LogP contribution is 2.42. The number of rotatable bonds is 11. The maximum atomic E-state index is 15.0. The fourth-order valence-electron chi connectivity index (χ4n) is 5.73. The average Bonchev–Trinajstić information content (AvgIpc) is 3.52. The van der Waals surface area contributed by atoms with Crippen molar-refractivity contribution < 1.29 is 18.4 Å². The molecule has 2 aromatic heterocycles. The topological polar surface area (TPSA) is 80.2 Å². The van der Waals surface area contributed by atoms with Gasteiger partial charge in [-0.25, -0.2) is 8.78 Å². The van der Waals surface area contributed by atoms with Gasteiger partial charge in [0, 0.05) is 52.0 Å². The molecule has 0 bridgehead atoms. The summed E-state index contributed by atoms with van der Waals surface area (Å²) in [4.78, 5) is 42.0. The molecule has 2 N–H and O–H groups in total. The van der Waals surface area contributed by atoms with Crippen LogP contribution in [0.1, 0.15) is 59.4 Å². The van der Waals surface area contributed by atoms with Gasteiger partial charge in [0.2, 0.25) is 11.3 Å². The molecule has 6 rings (SSSR count). The molecule has 0 aliphatic rings. The highest BCUT2D eigenvalue weighted by molar-refractivity contribution is 7.22. The van der Waals surface area contributed by atoms with Crippen LogP contribution in [0.25, 0.3) is 20.7 Å². The first-order valence-corrected chi connectivity index (χ1v) is 16.8. The molecular formula is C40H35F2N3O3S. The van der Waals surface area contributed by atoms with Crippen molar-refractivity contribution in [2.75, 3.05) is 5.32 Å². The summed E-state index contributed by atoms with van der Waals surface area (Å²) < 4.78 is 31.7. The molecule has 0 spiro atoms. The molecule has 248 valence electrons. The number of amides is 1. The van der Waals surface area contributed by atoms with Gasteiger partial charge in [0.1, 0.15) is 16.5 Å². The molecule has 9 heteroatoms. The third kappa shape index (κ3) is 7.13. The molecule has 4 aromatic carbocycles. The highest BCUT2D eigenvalue weighted by atomic mass is 32.1. The average molecular weight is 676 g/mol. The largest absolute Gasteiger partial charge is 0.334 e. The number of aromatic nitrogens is 1. The van der Waals surface area contributed by atoms with Crippen LogP contribution in [0.15, 0.2) is 114 Å². The van der Waals surface area contributed by atoms with E-state index in [4.69, 9.17) is 0 Å². The third-order valence-corrected chi connectivity index (χ3v) is 9.73. The van der Waals surface area contributed by atoms with Gasteiger partial charge in [0.25, 0.3) is 0 Å². The predicted molar refractivity (Wildman–Crippen MR) is 192 cm³/mol. The Morgan fingerprint density at radius 2 is 1.45 bits per heavy atom. The Morgan fingerprint density at radius 1 is 0.816 bits per heavy atom. The lowest BCUT2D eigenvalue weighted by molar-refractivity contribution is -0.118. The Balaban J connectivity index is 1.57. The van der Waals surface area contributed by atoms with Crippen LogP contribution in [0.3, 0.4) is 0 Å². The number of pyridine rings is 1. The van der Waals surface area contributed by atoms with E-state index in [-0.39, 0.29) is 35.5 Å². The van der Waals surface area contributed by atoms with Crippen molar-refractivity contribution in [3.05, 3.63) is 159 Å². The normalized spacial score (nSPS) is 12.0. The van der Waals surface area contributed by atoms with E-state index < -0.39 is 22.8 Å². The van der Waals surface area contributed by atoms with Gasteiger partial charge in [-0.3, -0.25) is 14.4 Å². The van der Waals surface area contributed by atoms with Crippen LogP contribution in [0.2, 0.25) is 0 Å². The Hall–Kier alpha value is -5.25. The summed E-state index contributed by atoms with van der Waals surface area (Å²) in [5.74, 6) is -2.23. The number of fused-ring (bicyclic) bond motifs is 1. The fourth-order valence-corrected chi connectivity index (χ4v) is 7.10. The first-order chi connectivity index (χ1) is 23.6. The minimum atomic E-state index is -0.725. The van der Waals surface area contributed by atoms with E-state index >= 15 is 8.78 Å². The molecule has 6 aromatic rings. The van der Waals surface area contributed by atoms with Gasteiger partial charge < -0.3 is 15.2 Å². The van der Waals surface area contributed by atoms with Crippen LogP contribution in [-0.4, -0.2) is 16.3 Å². The number of ketones is 1. The van der Waals surface area contributed by atoms with E-state index in [9.17, 15) is 14.4 Å². The molecule has 49 heavy (non-hydrogen) atoms. The van der Waals surface area contributed by atoms with E-state index in [1.54, 1.807) is 47.0 Å². The summed E-state index contributed by atoms with van der Waals surface area (Å²) in [6, 6.07) is 29.0. The second kappa shape index (κ2) is 14.5. The predicted octanol–water partition coefficient (Wildman–Crippen LogP) is 8.73. The van der Waals surface area contributed by atoms with Crippen LogP contribution < -0.4 is 16.1 Å². The number of anilines is 1. The minimum absolute atomic E-state index is 0.0944. The van der Waals surface area contributed by atoms with Gasteiger partial charge in [-0.05, 0) is 42.3 Å². The highest BCUT2D eigenvalue weighted by Gasteiger charge is 2.27. The van der Waals surface area contributed by atoms with Gasteiger partial charge in [0.05, 0.1) is 17.5 Å². The van der Waals surface area contributed by atoms with Crippen molar-refractivity contribution in [1.29, 1.82) is 0 Å². The zero-order valence-electron chi connectivity index (χ0n) is 27.3. The number of benzene rings is 4. The van der Waals surface area contributed by atoms with E-state index in [1.165, 1.54) is 35.7 Å². The Kier molecular flexibility index (Phi) is 9.94. The minimum Gasteiger partial charge on any atom is -0.334 e. The SMILES string of the molecule is CC(C)C(=O)Nc1ccc(-c2sc3c(c2C(C)NCc2ccccc2)c(=O)c(C(=O)c2ccccc2)cn3Cc2c(F)cccc2F)cc1. The Bertz CT molecular complexity index is 2170. The number of carbonyl (C=O) groups excluding carboxylic acids is 2. The van der Waals surface area contributed by atoms with Gasteiger partial charge >= 0.3 is 0 Å². The summed E-state index contributed by atoms with van der Waals surface area (Å²) >= 11 is 1.32. The lowest BCUT2D eigenvalue weighted by Gasteiger charge is -2.17. The van der Waals surface area contributed by atoms with Crippen molar-refractivity contribution in [1.82, 2.24) is 9.88 Å². The number of hydrogen-bond acceptors (Lipinski definition) is 5. The summed E-state index contributed by atoms with van der Waals surface area (Å²) in [6.45, 7) is 5.86. The zero-order chi connectivity index (χ0) is 34.7. The van der Waals surface area contributed by atoms with E-state index in [0.717, 1.165) is 16.0 Å². The monoisotopic (exact) mass is 675 g/mol. The second-order valence-electron chi connectivity index (χ2n) is 12.2. The molecule has 1 unspecified atom stereocenters. The first kappa shape index (κ1) is 33.6. The summed E-state index contributed by atoms with van der Waals surface area (Å²) in [6.07, 6.45) is 1.42. The lowest BCUT2D eigenvalue weighted by atomic mass is 9.97. The molecule has 0 saturated carbocycles. The van der Waals surface area contributed by atoms with Crippen molar-refractivity contribution in [2.24, 2.45) is 5.92 Å². The van der Waals surface area contributed by atoms with Crippen molar-refractivity contribution in [3.63, 3.8) is 0 Å². The zero-order valence-corrected chi connectivity index (χ0v) is 28.1. The Morgan fingerprint density at radius 3 is 2.08 bits per heavy atom. The van der Waals surface area contributed by atoms with Gasteiger partial charge in [-0.2, -0.15) is 0 Å². The summed E-state index contributed by atoms with van der Waals surface area (Å²) in [5.41, 5.74) is 2.73. The van der Waals surface area contributed by atoms with Crippen LogP contribution >= 0.6 is 11.3 Å². The van der Waals surface area contributed by atoms with E-state index in [0.29, 0.717) is 33.6 Å². The van der Waals surface area contributed by atoms with Gasteiger partial charge in [-0.1, -0.05) is 92.7 Å². The molecular weight excluding hydrogens is 641 g/mol. The van der Waals surface area contributed by atoms with Crippen molar-refractivity contribution >= 4 is 38.9 Å². The quantitative estimate of drug-likeness (QED) is 0.135. The van der Waals surface area contributed by atoms with Gasteiger partial charge in [0.15, 0.2) is 5.78 Å². The van der Waals surface area contributed by atoms with Gasteiger partial charge in [-0.15, -0.1) is 11.3 Å². The maximum absolute atomic E-state index is 15.0. The molecule has 1 amide bonds. The molecule has 0 radical (unpaired) electrons. The number of hydrogen-bond donors (Lipinski definition) is 2. The summed E-state index contributed by atoms with van der Waals surface area (Å²) in [5, 5.41) is 6.76. The lowest BCUT2D eigenvalue weighted by Crippen LogP contribution is -2.23. The molecule has 0 aliphatic heterocycles. The second-order valence-corrected chi connectivity index (χ2v) is 13.2. The molecule has 0 aliphatic carbocycles. The van der Waals surface area contributed by atoms with Crippen LogP contribution in [0, 0.1) is 17.6 Å². The van der Waals surface area contributed by atoms with Crippen LogP contribution in [0.4, 0.5) is 14.5 Å². The number of thiophene rings is 1. The molecule has 6 nitrogen and oxygen atoms in total. The maximum Gasteiger partial charge on any atom is 0.226 e. The first-order valence-electron chi connectivity index (χ1n) is 16.0. The number of carbonyl (C=O) groups is 2. The summed E-state index contributed by atoms with van der Waals surface area (Å²) in [7, 11) is 0. The molecule has 0 saturated heterocycles. The van der Waals surface area contributed by atoms with E-state index in [1.807, 2.05) is 63.2 Å². The third-order valence-electron chi connectivity index (χ3n) is 8.44. The number of nitrogens with one attached hydrogen (secondary N) is 2. The van der Waals surface area contributed by atoms with Crippen molar-refractivity contribution in [3.8, 4) is 10.4 Å². The van der Waals surface area contributed by atoms with E-state index in [2.05, 4.69) is 10.6 Å². The number of halogens is 2. The Labute approximate surface area is 287 Å². The molecule has 0 fully saturated rings. The molecule has 2 heterocycles. The fraction of sp³-hybridized carbons (Fsp3) is 0.175. The standard InChI is InChI=1S/C40H35F2N3O3S/c1-24(2)39(48)44-29-19-17-28(18-20-29)38-34(25(3)43-21-26-11-6-4-7-12-26)35-37(47)31(36(46)27-13-8-5-9-14-27)23-45(40(35)49-38)22-30-32(41)15-10-16-33(30)42/h4-20,23-25,43H,21-22H2,1-3H3,(H,44,48). The number of nitrogens with zero attached hydrogens (tertiary/aromatic N) is 1. The van der Waals surface area contributed by atoms with Crippen LogP contribution in [0.5, 0.6) is 0 Å².